The van der Waals surface area contributed by atoms with Crippen LogP contribution in [0.4, 0.5) is 0 Å². The Hall–Kier alpha value is -1.02. The molecule has 2 N–H and O–H groups in total. The minimum atomic E-state index is -4.61. The average Bonchev–Trinajstić information content (AvgIpc) is 3.39. The van der Waals surface area contributed by atoms with Crippen LogP contribution in [0.5, 0.6) is 0 Å². The van der Waals surface area contributed by atoms with E-state index in [0.717, 1.165) is 38.5 Å². The normalized spacial score (nSPS) is 13.8. The highest BCUT2D eigenvalue weighted by Crippen LogP contribution is 2.38. The van der Waals surface area contributed by atoms with Gasteiger partial charge in [0.05, 0.1) is 39.9 Å². The molecular weight excluding hydrogens is 972 g/mol. The van der Waals surface area contributed by atoms with Crippen LogP contribution in [0, 0.1) is 0 Å². The van der Waals surface area contributed by atoms with Crippen LogP contribution < -0.4 is 10.2 Å². The molecule has 1 amide bonds. The second kappa shape index (κ2) is 59.6. The van der Waals surface area contributed by atoms with E-state index >= 15 is 0 Å². The third-order valence-electron chi connectivity index (χ3n) is 15.9. The minimum absolute atomic E-state index is 0.00343. The highest BCUT2D eigenvalue weighted by Gasteiger charge is 2.23. The molecule has 0 aliphatic heterocycles. The maximum atomic E-state index is 13.0. The number of aliphatic hydroxyl groups excluding tert-OH is 1. The van der Waals surface area contributed by atoms with Gasteiger partial charge in [-0.1, -0.05) is 340 Å². The molecule has 0 aromatic heterocycles. The van der Waals surface area contributed by atoms with Gasteiger partial charge in [0, 0.05) is 6.42 Å². The summed E-state index contributed by atoms with van der Waals surface area (Å²) in [5.74, 6) is -0.198. The lowest BCUT2D eigenvalue weighted by Crippen LogP contribution is -2.45. The standard InChI is InChI=1S/C68H135N2O6P/c1-6-8-10-12-14-16-18-20-22-24-26-28-30-32-34-36-37-39-41-43-45-47-49-51-53-55-57-59-61-67(71)66(65-76-77(73,74)75-64-63-70(3,4)5)69-68(72)62-60-58-56-54-52-50-48-46-44-42-40-38-35-33-31-29-27-25-23-21-19-17-15-13-11-9-7-2/h51,53,59,61,66-67,71H,6-50,52,54-58,60,62-65H2,1-5H3,(H-,69,72,73,74)/b53-51+,61-59+. The molecule has 3 atom stereocenters. The Bertz CT molecular complexity index is 1300. The molecule has 0 bridgehead atoms. The lowest BCUT2D eigenvalue weighted by molar-refractivity contribution is -0.870. The summed E-state index contributed by atoms with van der Waals surface area (Å²) in [5, 5.41) is 13.9. The number of rotatable bonds is 64. The van der Waals surface area contributed by atoms with E-state index in [1.165, 1.54) is 295 Å². The molecule has 0 saturated heterocycles. The third kappa shape index (κ3) is 62.4. The summed E-state index contributed by atoms with van der Waals surface area (Å²) in [6.45, 7) is 4.70. The molecule has 0 saturated carbocycles. The molecule has 0 aromatic carbocycles. The molecule has 0 heterocycles. The minimum Gasteiger partial charge on any atom is -0.756 e. The molecule has 0 aromatic rings. The van der Waals surface area contributed by atoms with Gasteiger partial charge < -0.3 is 28.8 Å². The van der Waals surface area contributed by atoms with Crippen molar-refractivity contribution in [3.63, 3.8) is 0 Å². The number of quaternary nitrogens is 1. The number of unbranched alkanes of at least 4 members (excludes halogenated alkanes) is 49. The number of nitrogens with one attached hydrogen (secondary N) is 1. The Morgan fingerprint density at radius 1 is 0.442 bits per heavy atom. The summed E-state index contributed by atoms with van der Waals surface area (Å²) in [6.07, 6.45) is 77.3. The monoisotopic (exact) mass is 1110 g/mol. The molecule has 8 nitrogen and oxygen atoms in total. The zero-order valence-corrected chi connectivity index (χ0v) is 53.3. The number of phosphoric ester groups is 1. The molecule has 77 heavy (non-hydrogen) atoms. The number of phosphoric acid groups is 1. The quantitative estimate of drug-likeness (QED) is 0.0272. The Morgan fingerprint density at radius 2 is 0.727 bits per heavy atom. The van der Waals surface area contributed by atoms with Gasteiger partial charge in [0.15, 0.2) is 0 Å². The number of carbonyl (C=O) groups is 1. The smallest absolute Gasteiger partial charge is 0.268 e. The largest absolute Gasteiger partial charge is 0.756 e. The van der Waals surface area contributed by atoms with E-state index in [-0.39, 0.29) is 19.1 Å². The van der Waals surface area contributed by atoms with Crippen molar-refractivity contribution in [1.29, 1.82) is 0 Å². The fourth-order valence-corrected chi connectivity index (χ4v) is 11.3. The summed E-state index contributed by atoms with van der Waals surface area (Å²) < 4.78 is 23.4. The van der Waals surface area contributed by atoms with Gasteiger partial charge in [-0.2, -0.15) is 0 Å². The van der Waals surface area contributed by atoms with Crippen LogP contribution in [-0.2, 0) is 18.4 Å². The second-order valence-electron chi connectivity index (χ2n) is 24.9. The number of aliphatic hydroxyl groups is 1. The first-order valence-electron chi connectivity index (χ1n) is 34.2. The first-order chi connectivity index (χ1) is 37.5. The van der Waals surface area contributed by atoms with Gasteiger partial charge in [-0.15, -0.1) is 0 Å². The zero-order chi connectivity index (χ0) is 56.3. The van der Waals surface area contributed by atoms with Gasteiger partial charge in [0.1, 0.15) is 13.2 Å². The lowest BCUT2D eigenvalue weighted by atomic mass is 10.0. The van der Waals surface area contributed by atoms with Crippen molar-refractivity contribution in [2.75, 3.05) is 40.9 Å². The van der Waals surface area contributed by atoms with Gasteiger partial charge >= 0.3 is 0 Å². The molecule has 0 aliphatic carbocycles. The second-order valence-corrected chi connectivity index (χ2v) is 26.3. The van der Waals surface area contributed by atoms with E-state index < -0.39 is 20.0 Å². The molecule has 458 valence electrons. The van der Waals surface area contributed by atoms with Crippen molar-refractivity contribution in [3.05, 3.63) is 24.3 Å². The van der Waals surface area contributed by atoms with Crippen molar-refractivity contribution in [2.45, 2.75) is 366 Å². The average molecular weight is 1110 g/mol. The van der Waals surface area contributed by atoms with E-state index in [1.54, 1.807) is 6.08 Å². The molecule has 0 radical (unpaired) electrons. The SMILES string of the molecule is CCCCCCCCCCCCCCCCCCCCCCCC/C=C/CC/C=C/C(O)C(COP(=O)([O-])OCC[N+](C)(C)C)NC(=O)CCCCCCCCCCCCCCCCCCCCCCCCCCCCC. The number of nitrogens with zero attached hydrogens (tertiary/aromatic N) is 1. The van der Waals surface area contributed by atoms with E-state index in [2.05, 4.69) is 31.3 Å². The number of amides is 1. The summed E-state index contributed by atoms with van der Waals surface area (Å²) in [4.78, 5) is 25.6. The van der Waals surface area contributed by atoms with Gasteiger partial charge in [-0.3, -0.25) is 9.36 Å². The predicted molar refractivity (Wildman–Crippen MR) is 335 cm³/mol. The number of hydrogen-bond acceptors (Lipinski definition) is 6. The number of likely N-dealkylation sites (N-methyl/N-ethyl adjacent to an activating group) is 1. The maximum Gasteiger partial charge on any atom is 0.268 e. The summed E-state index contributed by atoms with van der Waals surface area (Å²) >= 11 is 0. The maximum absolute atomic E-state index is 13.0. The topological polar surface area (TPSA) is 108 Å². The molecule has 9 heteroatoms. The summed E-state index contributed by atoms with van der Waals surface area (Å²) in [6, 6.07) is -0.901. The number of carbonyl (C=O) groups excluding carboxylic acids is 1. The first-order valence-corrected chi connectivity index (χ1v) is 35.7. The highest BCUT2D eigenvalue weighted by molar-refractivity contribution is 7.45. The fraction of sp³-hybridized carbons (Fsp3) is 0.926. The van der Waals surface area contributed by atoms with E-state index in [9.17, 15) is 19.4 Å². The van der Waals surface area contributed by atoms with Crippen LogP contribution in [0.3, 0.4) is 0 Å². The molecule has 3 unspecified atom stereocenters. The van der Waals surface area contributed by atoms with Crippen LogP contribution in [0.15, 0.2) is 24.3 Å². The summed E-state index contributed by atoms with van der Waals surface area (Å²) in [5.41, 5.74) is 0. The molecule has 0 aliphatic rings. The van der Waals surface area contributed by atoms with Crippen molar-refractivity contribution < 1.29 is 32.9 Å². The first kappa shape index (κ1) is 76.0. The predicted octanol–water partition coefficient (Wildman–Crippen LogP) is 20.9. The molecule has 0 spiro atoms. The van der Waals surface area contributed by atoms with Crippen molar-refractivity contribution >= 4 is 13.7 Å². The van der Waals surface area contributed by atoms with Crippen LogP contribution in [0.1, 0.15) is 354 Å². The fourth-order valence-electron chi connectivity index (χ4n) is 10.6. The Kier molecular flexibility index (Phi) is 58.8. The summed E-state index contributed by atoms with van der Waals surface area (Å²) in [7, 11) is 1.26. The Balaban J connectivity index is 4.09. The number of allylic oxidation sites excluding steroid dienone is 3. The van der Waals surface area contributed by atoms with Gasteiger partial charge in [-0.05, 0) is 32.1 Å². The zero-order valence-electron chi connectivity index (χ0n) is 52.4. The molecule has 0 fully saturated rings. The van der Waals surface area contributed by atoms with E-state index in [0.29, 0.717) is 17.4 Å². The van der Waals surface area contributed by atoms with Gasteiger partial charge in [-0.25, -0.2) is 0 Å². The lowest BCUT2D eigenvalue weighted by Gasteiger charge is -2.29. The number of hydrogen-bond donors (Lipinski definition) is 2. The van der Waals surface area contributed by atoms with E-state index in [1.807, 2.05) is 27.2 Å². The van der Waals surface area contributed by atoms with Crippen LogP contribution >= 0.6 is 7.82 Å². The Morgan fingerprint density at radius 3 is 1.05 bits per heavy atom. The third-order valence-corrected chi connectivity index (χ3v) is 16.9. The van der Waals surface area contributed by atoms with Crippen molar-refractivity contribution in [1.82, 2.24) is 5.32 Å². The Labute approximate surface area is 481 Å². The van der Waals surface area contributed by atoms with Crippen LogP contribution in [-0.4, -0.2) is 68.5 Å². The van der Waals surface area contributed by atoms with E-state index in [4.69, 9.17) is 9.05 Å². The van der Waals surface area contributed by atoms with Gasteiger partial charge in [0.25, 0.3) is 7.82 Å². The molecular formula is C68H135N2O6P. The highest BCUT2D eigenvalue weighted by atomic mass is 31.2. The molecule has 0 rings (SSSR count). The van der Waals surface area contributed by atoms with Crippen LogP contribution in [0.2, 0.25) is 0 Å². The van der Waals surface area contributed by atoms with Gasteiger partial charge in [0.2, 0.25) is 5.91 Å². The van der Waals surface area contributed by atoms with Crippen molar-refractivity contribution in [2.24, 2.45) is 0 Å². The van der Waals surface area contributed by atoms with Crippen LogP contribution in [0.25, 0.3) is 0 Å². The van der Waals surface area contributed by atoms with Crippen molar-refractivity contribution in [3.8, 4) is 0 Å².